The summed E-state index contributed by atoms with van der Waals surface area (Å²) in [6.45, 7) is 2.02. The number of hydrogen-bond donors (Lipinski definition) is 0. The zero-order valence-electron chi connectivity index (χ0n) is 8.96. The molecular formula is C10H8F3NO3. The Labute approximate surface area is 94.2 Å². The monoisotopic (exact) mass is 247 g/mol. The summed E-state index contributed by atoms with van der Waals surface area (Å²) < 4.78 is 38.2. The maximum absolute atomic E-state index is 12.7. The van der Waals surface area contributed by atoms with Crippen LogP contribution in [0.3, 0.4) is 0 Å². The summed E-state index contributed by atoms with van der Waals surface area (Å²) in [6, 6.07) is 1.88. The predicted molar refractivity (Wildman–Crippen MR) is 52.8 cm³/mol. The molecule has 0 aliphatic rings. The molecule has 0 saturated heterocycles. The smallest absolute Gasteiger partial charge is 0.294 e. The van der Waals surface area contributed by atoms with Crippen molar-refractivity contribution in [2.24, 2.45) is 0 Å². The number of nitro benzene ring substituents is 1. The minimum atomic E-state index is -4.79. The van der Waals surface area contributed by atoms with Gasteiger partial charge in [-0.05, 0) is 19.4 Å². The molecule has 0 heterocycles. The number of carbonyl (C=O) groups is 1. The Kier molecular flexibility index (Phi) is 3.21. The first kappa shape index (κ1) is 13.1. The molecule has 1 aromatic rings. The first-order chi connectivity index (χ1) is 7.66. The van der Waals surface area contributed by atoms with E-state index in [0.29, 0.717) is 0 Å². The van der Waals surface area contributed by atoms with Crippen molar-refractivity contribution in [2.75, 3.05) is 0 Å². The minimum Gasteiger partial charge on any atom is -0.294 e. The predicted octanol–water partition coefficient (Wildman–Crippen LogP) is 3.12. The van der Waals surface area contributed by atoms with Crippen LogP contribution in [0.1, 0.15) is 28.4 Å². The lowest BCUT2D eigenvalue weighted by atomic mass is 9.97. The van der Waals surface area contributed by atoms with Gasteiger partial charge in [0.15, 0.2) is 5.78 Å². The van der Waals surface area contributed by atoms with Crippen molar-refractivity contribution in [3.63, 3.8) is 0 Å². The molecule has 1 aromatic carbocycles. The van der Waals surface area contributed by atoms with Crippen molar-refractivity contribution in [2.45, 2.75) is 20.0 Å². The molecule has 0 aliphatic carbocycles. The topological polar surface area (TPSA) is 60.2 Å². The van der Waals surface area contributed by atoms with Crippen molar-refractivity contribution >= 4 is 11.5 Å². The van der Waals surface area contributed by atoms with E-state index >= 15 is 0 Å². The molecule has 0 spiro atoms. The molecule has 0 aliphatic heterocycles. The number of rotatable bonds is 2. The van der Waals surface area contributed by atoms with Crippen molar-refractivity contribution in [3.8, 4) is 0 Å². The second-order valence-electron chi connectivity index (χ2n) is 3.46. The van der Waals surface area contributed by atoms with Gasteiger partial charge in [-0.25, -0.2) is 0 Å². The normalized spacial score (nSPS) is 11.4. The van der Waals surface area contributed by atoms with Crippen LogP contribution in [0.15, 0.2) is 12.1 Å². The van der Waals surface area contributed by atoms with E-state index in [2.05, 4.69) is 0 Å². The minimum absolute atomic E-state index is 0.215. The molecule has 0 bridgehead atoms. The fourth-order valence-electron chi connectivity index (χ4n) is 1.57. The third kappa shape index (κ3) is 2.43. The van der Waals surface area contributed by atoms with E-state index in [0.717, 1.165) is 26.0 Å². The summed E-state index contributed by atoms with van der Waals surface area (Å²) in [5, 5.41) is 10.6. The van der Waals surface area contributed by atoms with Crippen LogP contribution in [0.4, 0.5) is 18.9 Å². The van der Waals surface area contributed by atoms with Gasteiger partial charge in [0.2, 0.25) is 0 Å². The van der Waals surface area contributed by atoms with Crippen LogP contribution >= 0.6 is 0 Å². The fourth-order valence-corrected chi connectivity index (χ4v) is 1.57. The van der Waals surface area contributed by atoms with Gasteiger partial charge in [-0.15, -0.1) is 0 Å². The van der Waals surface area contributed by atoms with E-state index in [1.807, 2.05) is 0 Å². The number of halogens is 3. The number of nitrogens with zero attached hydrogens (tertiary/aromatic N) is 1. The quantitative estimate of drug-likeness (QED) is 0.458. The molecule has 0 aromatic heterocycles. The van der Waals surface area contributed by atoms with Gasteiger partial charge in [-0.1, -0.05) is 6.07 Å². The molecule has 1 rings (SSSR count). The van der Waals surface area contributed by atoms with Gasteiger partial charge in [-0.2, -0.15) is 13.2 Å². The SMILES string of the molecule is CC(=O)c1c([N+](=O)[O-])ccc(C)c1C(F)(F)F. The largest absolute Gasteiger partial charge is 0.417 e. The van der Waals surface area contributed by atoms with Crippen molar-refractivity contribution in [1.29, 1.82) is 0 Å². The maximum atomic E-state index is 12.7. The first-order valence-corrected chi connectivity index (χ1v) is 4.52. The third-order valence-electron chi connectivity index (χ3n) is 2.22. The van der Waals surface area contributed by atoms with E-state index in [4.69, 9.17) is 0 Å². The average molecular weight is 247 g/mol. The Bertz CT molecular complexity index is 494. The van der Waals surface area contributed by atoms with Crippen LogP contribution in [-0.4, -0.2) is 10.7 Å². The van der Waals surface area contributed by atoms with E-state index in [1.54, 1.807) is 0 Å². The van der Waals surface area contributed by atoms with E-state index in [1.165, 1.54) is 0 Å². The summed E-state index contributed by atoms with van der Waals surface area (Å²) in [7, 11) is 0. The molecule has 7 heteroatoms. The number of aryl methyl sites for hydroxylation is 1. The average Bonchev–Trinajstić information content (AvgIpc) is 2.14. The summed E-state index contributed by atoms with van der Waals surface area (Å²) in [5.74, 6) is -0.979. The highest BCUT2D eigenvalue weighted by Crippen LogP contribution is 2.38. The van der Waals surface area contributed by atoms with Gasteiger partial charge >= 0.3 is 6.18 Å². The van der Waals surface area contributed by atoms with Crippen molar-refractivity contribution in [3.05, 3.63) is 38.9 Å². The number of benzene rings is 1. The van der Waals surface area contributed by atoms with Crippen LogP contribution in [0.5, 0.6) is 0 Å². The maximum Gasteiger partial charge on any atom is 0.417 e. The lowest BCUT2D eigenvalue weighted by Gasteiger charge is -2.13. The Hall–Kier alpha value is -1.92. The van der Waals surface area contributed by atoms with Gasteiger partial charge < -0.3 is 0 Å². The molecule has 92 valence electrons. The first-order valence-electron chi connectivity index (χ1n) is 4.52. The summed E-state index contributed by atoms with van der Waals surface area (Å²) in [5.41, 5.74) is -3.16. The molecule has 0 fully saturated rings. The third-order valence-corrected chi connectivity index (χ3v) is 2.22. The fraction of sp³-hybridized carbons (Fsp3) is 0.300. The summed E-state index contributed by atoms with van der Waals surface area (Å²) in [4.78, 5) is 20.8. The van der Waals surface area contributed by atoms with Crippen LogP contribution in [0, 0.1) is 17.0 Å². The van der Waals surface area contributed by atoms with E-state index in [-0.39, 0.29) is 5.56 Å². The molecular weight excluding hydrogens is 239 g/mol. The molecule has 0 atom stereocenters. The molecule has 0 unspecified atom stereocenters. The molecule has 0 amide bonds. The Morgan fingerprint density at radius 2 is 1.88 bits per heavy atom. The number of carbonyl (C=O) groups excluding carboxylic acids is 1. The highest BCUT2D eigenvalue weighted by Gasteiger charge is 2.39. The van der Waals surface area contributed by atoms with Crippen LogP contribution < -0.4 is 0 Å². The van der Waals surface area contributed by atoms with Crippen LogP contribution in [0.25, 0.3) is 0 Å². The van der Waals surface area contributed by atoms with E-state index in [9.17, 15) is 28.1 Å². The number of alkyl halides is 3. The number of ketones is 1. The molecule has 0 radical (unpaired) electrons. The van der Waals surface area contributed by atoms with Gasteiger partial charge in [-0.3, -0.25) is 14.9 Å². The molecule has 4 nitrogen and oxygen atoms in total. The number of hydrogen-bond acceptors (Lipinski definition) is 3. The second-order valence-corrected chi connectivity index (χ2v) is 3.46. The van der Waals surface area contributed by atoms with Gasteiger partial charge in [0.25, 0.3) is 5.69 Å². The summed E-state index contributed by atoms with van der Waals surface area (Å²) in [6.07, 6.45) is -4.79. The molecule has 0 N–H and O–H groups in total. The lowest BCUT2D eigenvalue weighted by molar-refractivity contribution is -0.385. The zero-order chi connectivity index (χ0) is 13.4. The van der Waals surface area contributed by atoms with Crippen molar-refractivity contribution in [1.82, 2.24) is 0 Å². The molecule has 0 saturated carbocycles. The Balaban J connectivity index is 3.73. The highest BCUT2D eigenvalue weighted by molar-refractivity contribution is 6.00. The standard InChI is InChI=1S/C10H8F3NO3/c1-5-3-4-7(14(16)17)8(6(2)15)9(5)10(11,12)13/h3-4H,1-2H3. The van der Waals surface area contributed by atoms with Gasteiger partial charge in [0, 0.05) is 6.07 Å². The van der Waals surface area contributed by atoms with Gasteiger partial charge in [0.05, 0.1) is 10.5 Å². The number of nitro groups is 1. The van der Waals surface area contributed by atoms with Gasteiger partial charge in [0.1, 0.15) is 5.56 Å². The van der Waals surface area contributed by atoms with E-state index < -0.39 is 33.7 Å². The Morgan fingerprint density at radius 3 is 2.24 bits per heavy atom. The van der Waals surface area contributed by atoms with Crippen LogP contribution in [-0.2, 0) is 6.18 Å². The van der Waals surface area contributed by atoms with Crippen LogP contribution in [0.2, 0.25) is 0 Å². The summed E-state index contributed by atoms with van der Waals surface area (Å²) >= 11 is 0. The van der Waals surface area contributed by atoms with Crippen molar-refractivity contribution < 1.29 is 22.9 Å². The zero-order valence-corrected chi connectivity index (χ0v) is 8.96. The Morgan fingerprint density at radius 1 is 1.35 bits per heavy atom. The highest BCUT2D eigenvalue weighted by atomic mass is 19.4. The second kappa shape index (κ2) is 4.15. The molecule has 17 heavy (non-hydrogen) atoms. The lowest BCUT2D eigenvalue weighted by Crippen LogP contribution is -2.15. The number of Topliss-reactive ketones (excluding diaryl/α,β-unsaturated/α-hetero) is 1.